The minimum Gasteiger partial charge on any atom is -0.478 e. The highest BCUT2D eigenvalue weighted by Crippen LogP contribution is 2.39. The number of hydrogen-bond acceptors (Lipinski definition) is 4. The van der Waals surface area contributed by atoms with Crippen LogP contribution in [0.15, 0.2) is 18.3 Å². The predicted octanol–water partition coefficient (Wildman–Crippen LogP) is 3.66. The van der Waals surface area contributed by atoms with Crippen molar-refractivity contribution in [2.75, 3.05) is 6.61 Å². The van der Waals surface area contributed by atoms with E-state index in [0.717, 1.165) is 46.2 Å². The van der Waals surface area contributed by atoms with Crippen LogP contribution in [0, 0.1) is 4.77 Å². The summed E-state index contributed by atoms with van der Waals surface area (Å²) >= 11 is 5.28. The van der Waals surface area contributed by atoms with E-state index in [-0.39, 0.29) is 0 Å². The van der Waals surface area contributed by atoms with Crippen LogP contribution in [-0.4, -0.2) is 31.8 Å². The Morgan fingerprint density at radius 2 is 2.08 bits per heavy atom. The topological polar surface area (TPSA) is 82.4 Å². The van der Waals surface area contributed by atoms with E-state index >= 15 is 0 Å². The van der Waals surface area contributed by atoms with E-state index in [4.69, 9.17) is 21.9 Å². The molecule has 24 heavy (non-hydrogen) atoms. The van der Waals surface area contributed by atoms with Crippen molar-refractivity contribution in [2.24, 2.45) is 0 Å². The summed E-state index contributed by atoms with van der Waals surface area (Å²) in [7, 11) is 0. The number of nitrogens with zero attached hydrogens (tertiary/aromatic N) is 2. The number of H-pyrrole nitrogens is 3. The van der Waals surface area contributed by atoms with E-state index in [9.17, 15) is 0 Å². The first-order valence-electron chi connectivity index (χ1n) is 7.99. The number of ether oxygens (including phenoxy) is 1. The highest BCUT2D eigenvalue weighted by Gasteiger charge is 2.26. The van der Waals surface area contributed by atoms with Crippen LogP contribution < -0.4 is 4.74 Å². The summed E-state index contributed by atoms with van der Waals surface area (Å²) in [5.41, 5.74) is 6.29. The number of hydrogen-bond donors (Lipinski definition) is 3. The Balaban J connectivity index is 1.82. The summed E-state index contributed by atoms with van der Waals surface area (Å²) in [6, 6.07) is 4.27. The predicted molar refractivity (Wildman–Crippen MR) is 94.9 cm³/mol. The maximum absolute atomic E-state index is 5.69. The molecule has 5 rings (SSSR count). The molecule has 7 heteroatoms. The fourth-order valence-electron chi connectivity index (χ4n) is 3.55. The van der Waals surface area contributed by atoms with Gasteiger partial charge in [-0.3, -0.25) is 0 Å². The molecule has 3 heterocycles. The van der Waals surface area contributed by atoms with Crippen molar-refractivity contribution < 1.29 is 4.74 Å². The number of rotatable bonds is 2. The quantitative estimate of drug-likeness (QED) is 0.488. The van der Waals surface area contributed by atoms with E-state index in [1.54, 1.807) is 0 Å². The highest BCUT2D eigenvalue weighted by atomic mass is 32.1. The zero-order chi connectivity index (χ0) is 16.3. The Morgan fingerprint density at radius 3 is 2.96 bits per heavy atom. The third-order valence-electron chi connectivity index (χ3n) is 4.58. The number of fused-ring (bicyclic) bond motifs is 6. The van der Waals surface area contributed by atoms with Gasteiger partial charge in [0.2, 0.25) is 10.7 Å². The number of aryl methyl sites for hydroxylation is 1. The molecule has 0 amide bonds. The largest absolute Gasteiger partial charge is 0.478 e. The summed E-state index contributed by atoms with van der Waals surface area (Å²) in [4.78, 5) is 12.4. The van der Waals surface area contributed by atoms with Gasteiger partial charge < -0.3 is 19.9 Å². The third-order valence-corrected chi connectivity index (χ3v) is 4.78. The van der Waals surface area contributed by atoms with Crippen LogP contribution in [0.2, 0.25) is 0 Å². The molecule has 3 aromatic heterocycles. The SMILES string of the molecule is CCOc1nc(=S)[nH]c2c1CCc1c-2nc2cc3[nH][nH]cc3cc12. The van der Waals surface area contributed by atoms with Crippen LogP contribution in [0.1, 0.15) is 18.1 Å². The van der Waals surface area contributed by atoms with Gasteiger partial charge in [-0.1, -0.05) is 0 Å². The third kappa shape index (κ3) is 1.85. The average Bonchev–Trinajstić information content (AvgIpc) is 3.16. The van der Waals surface area contributed by atoms with Crippen LogP contribution in [-0.2, 0) is 12.8 Å². The maximum atomic E-state index is 5.69. The lowest BCUT2D eigenvalue weighted by molar-refractivity contribution is 0.321. The Kier molecular flexibility index (Phi) is 2.81. The lowest BCUT2D eigenvalue weighted by Gasteiger charge is -2.18. The van der Waals surface area contributed by atoms with Gasteiger partial charge in [0.15, 0.2) is 0 Å². The summed E-state index contributed by atoms with van der Waals surface area (Å²) in [5, 5.41) is 8.51. The average molecular weight is 337 g/mol. The molecule has 0 atom stereocenters. The Labute approximate surface area is 142 Å². The fraction of sp³-hybridized carbons (Fsp3) is 0.235. The normalized spacial score (nSPS) is 13.2. The van der Waals surface area contributed by atoms with Crippen molar-refractivity contribution in [3.63, 3.8) is 0 Å². The van der Waals surface area contributed by atoms with Crippen molar-refractivity contribution in [1.29, 1.82) is 0 Å². The molecule has 0 spiro atoms. The second kappa shape index (κ2) is 4.91. The number of aromatic amines is 3. The first kappa shape index (κ1) is 13.7. The lowest BCUT2D eigenvalue weighted by atomic mass is 9.93. The minimum atomic E-state index is 0.429. The van der Waals surface area contributed by atoms with Gasteiger partial charge in [0, 0.05) is 22.5 Å². The molecule has 120 valence electrons. The van der Waals surface area contributed by atoms with Gasteiger partial charge in [-0.2, -0.15) is 4.98 Å². The van der Waals surface area contributed by atoms with Crippen LogP contribution in [0.3, 0.4) is 0 Å². The summed E-state index contributed by atoms with van der Waals surface area (Å²) in [5.74, 6) is 0.635. The Bertz CT molecular complexity index is 1150. The van der Waals surface area contributed by atoms with Crippen LogP contribution in [0.5, 0.6) is 5.88 Å². The molecular formula is C17H15N5OS. The molecule has 0 fully saturated rings. The van der Waals surface area contributed by atoms with Gasteiger partial charge in [-0.05, 0) is 49.7 Å². The van der Waals surface area contributed by atoms with E-state index in [0.29, 0.717) is 17.3 Å². The van der Waals surface area contributed by atoms with Crippen molar-refractivity contribution >= 4 is 34.0 Å². The molecule has 0 saturated carbocycles. The second-order valence-corrected chi connectivity index (χ2v) is 6.33. The molecule has 1 aliphatic carbocycles. The Hall–Kier alpha value is -2.67. The van der Waals surface area contributed by atoms with Gasteiger partial charge in [-0.25, -0.2) is 4.98 Å². The molecule has 1 aromatic carbocycles. The molecule has 0 unspecified atom stereocenters. The zero-order valence-corrected chi connectivity index (χ0v) is 13.9. The molecular weight excluding hydrogens is 322 g/mol. The minimum absolute atomic E-state index is 0.429. The maximum Gasteiger partial charge on any atom is 0.221 e. The van der Waals surface area contributed by atoms with E-state index in [1.165, 1.54) is 10.9 Å². The van der Waals surface area contributed by atoms with Crippen LogP contribution >= 0.6 is 12.2 Å². The summed E-state index contributed by atoms with van der Waals surface area (Å²) < 4.78 is 6.12. The van der Waals surface area contributed by atoms with Crippen molar-refractivity contribution in [3.8, 4) is 17.3 Å². The van der Waals surface area contributed by atoms with E-state index in [2.05, 4.69) is 32.3 Å². The van der Waals surface area contributed by atoms with Crippen LogP contribution in [0.4, 0.5) is 0 Å². The van der Waals surface area contributed by atoms with Gasteiger partial charge in [-0.15, -0.1) is 0 Å². The van der Waals surface area contributed by atoms with Gasteiger partial charge >= 0.3 is 0 Å². The van der Waals surface area contributed by atoms with E-state index in [1.807, 2.05) is 13.1 Å². The standard InChI is InChI=1S/C17H15N5OS/c1-2-23-16-10-4-3-9-11-5-8-7-18-22-12(8)6-13(11)19-14(9)15(10)20-17(24)21-16/h5-7,18,22H,2-4H2,1H3,(H,20,21,24). The van der Waals surface area contributed by atoms with Crippen molar-refractivity contribution in [1.82, 2.24) is 25.1 Å². The van der Waals surface area contributed by atoms with Gasteiger partial charge in [0.05, 0.1) is 29.0 Å². The van der Waals surface area contributed by atoms with Gasteiger partial charge in [0.1, 0.15) is 0 Å². The molecule has 1 aliphatic rings. The second-order valence-electron chi connectivity index (χ2n) is 5.94. The molecule has 0 saturated heterocycles. The van der Waals surface area contributed by atoms with Crippen molar-refractivity contribution in [3.05, 3.63) is 34.2 Å². The smallest absolute Gasteiger partial charge is 0.221 e. The van der Waals surface area contributed by atoms with Crippen molar-refractivity contribution in [2.45, 2.75) is 19.8 Å². The number of nitrogens with one attached hydrogen (secondary N) is 3. The Morgan fingerprint density at radius 1 is 1.21 bits per heavy atom. The molecule has 3 N–H and O–H groups in total. The highest BCUT2D eigenvalue weighted by molar-refractivity contribution is 7.71. The van der Waals surface area contributed by atoms with E-state index < -0.39 is 0 Å². The number of aromatic nitrogens is 5. The number of benzene rings is 1. The first-order chi connectivity index (χ1) is 11.7. The first-order valence-corrected chi connectivity index (χ1v) is 8.40. The molecule has 0 bridgehead atoms. The van der Waals surface area contributed by atoms with Gasteiger partial charge in [0.25, 0.3) is 0 Å². The van der Waals surface area contributed by atoms with Crippen LogP contribution in [0.25, 0.3) is 33.2 Å². The summed E-state index contributed by atoms with van der Waals surface area (Å²) in [6.45, 7) is 2.53. The lowest BCUT2D eigenvalue weighted by Crippen LogP contribution is -2.10. The fourth-order valence-corrected chi connectivity index (χ4v) is 3.74. The molecule has 0 aliphatic heterocycles. The molecule has 0 radical (unpaired) electrons. The zero-order valence-electron chi connectivity index (χ0n) is 13.1. The monoisotopic (exact) mass is 337 g/mol. The molecule has 6 nitrogen and oxygen atoms in total. The summed E-state index contributed by atoms with van der Waals surface area (Å²) in [6.07, 6.45) is 3.76. The molecule has 4 aromatic rings.